The summed E-state index contributed by atoms with van der Waals surface area (Å²) in [6.45, 7) is 4.56. The maximum Gasteiger partial charge on any atom is 0.237 e. The maximum absolute atomic E-state index is 11.3. The fraction of sp³-hybridized carbons (Fsp3) is 0.818. The molecule has 0 heterocycles. The summed E-state index contributed by atoms with van der Waals surface area (Å²) in [6, 6.07) is 1.94. The number of hydrogen-bond acceptors (Lipinski definition) is 2. The average Bonchev–Trinajstić information content (AvgIpc) is 2.61. The van der Waals surface area contributed by atoms with Crippen molar-refractivity contribution in [3.63, 3.8) is 0 Å². The Morgan fingerprint density at radius 1 is 1.57 bits per heavy atom. The second kappa shape index (κ2) is 4.45. The van der Waals surface area contributed by atoms with Gasteiger partial charge in [-0.05, 0) is 25.2 Å². The van der Waals surface area contributed by atoms with Crippen LogP contribution in [0.1, 0.15) is 39.5 Å². The van der Waals surface area contributed by atoms with Gasteiger partial charge in [-0.3, -0.25) is 4.79 Å². The van der Waals surface area contributed by atoms with Crippen molar-refractivity contribution >= 4 is 5.91 Å². The molecule has 0 aromatic carbocycles. The first-order chi connectivity index (χ1) is 6.57. The van der Waals surface area contributed by atoms with Crippen LogP contribution < -0.4 is 5.32 Å². The van der Waals surface area contributed by atoms with Gasteiger partial charge in [-0.1, -0.05) is 19.8 Å². The van der Waals surface area contributed by atoms with E-state index >= 15 is 0 Å². The number of nitriles is 1. The Morgan fingerprint density at radius 3 is 2.64 bits per heavy atom. The minimum absolute atomic E-state index is 0.138. The number of rotatable bonds is 3. The molecular weight excluding hydrogens is 176 g/mol. The minimum atomic E-state index is -0.528. The van der Waals surface area contributed by atoms with Crippen LogP contribution >= 0.6 is 0 Å². The lowest BCUT2D eigenvalue weighted by Crippen LogP contribution is -2.36. The van der Waals surface area contributed by atoms with Crippen molar-refractivity contribution in [2.75, 3.05) is 6.54 Å². The van der Waals surface area contributed by atoms with Gasteiger partial charge in [0.1, 0.15) is 5.92 Å². The Morgan fingerprint density at radius 2 is 2.14 bits per heavy atom. The van der Waals surface area contributed by atoms with Crippen LogP contribution in [0.4, 0.5) is 0 Å². The predicted molar refractivity (Wildman–Crippen MR) is 54.4 cm³/mol. The molecule has 0 aromatic rings. The largest absolute Gasteiger partial charge is 0.354 e. The smallest absolute Gasteiger partial charge is 0.237 e. The number of amides is 1. The number of nitrogens with one attached hydrogen (secondary N) is 1. The van der Waals surface area contributed by atoms with Crippen LogP contribution in [0.25, 0.3) is 0 Å². The summed E-state index contributed by atoms with van der Waals surface area (Å²) in [4.78, 5) is 11.3. The molecule has 0 spiro atoms. The fourth-order valence-corrected chi connectivity index (χ4v) is 1.92. The minimum Gasteiger partial charge on any atom is -0.354 e. The SMILES string of the molecule is CC(C#N)C(=O)NCC1(C)CCCC1. The molecule has 14 heavy (non-hydrogen) atoms. The van der Waals surface area contributed by atoms with Crippen LogP contribution in [-0.4, -0.2) is 12.5 Å². The lowest BCUT2D eigenvalue weighted by atomic mass is 9.89. The molecule has 1 N–H and O–H groups in total. The highest BCUT2D eigenvalue weighted by Crippen LogP contribution is 2.36. The van der Waals surface area contributed by atoms with E-state index in [4.69, 9.17) is 5.26 Å². The molecule has 1 fully saturated rings. The van der Waals surface area contributed by atoms with Crippen LogP contribution in [0, 0.1) is 22.7 Å². The summed E-state index contributed by atoms with van der Waals surface area (Å²) in [5.74, 6) is -0.666. The number of carbonyl (C=O) groups excluding carboxylic acids is 1. The molecule has 1 unspecified atom stereocenters. The van der Waals surface area contributed by atoms with Crippen LogP contribution in [0.2, 0.25) is 0 Å². The summed E-state index contributed by atoms with van der Waals surface area (Å²) in [5.41, 5.74) is 0.269. The third-order valence-corrected chi connectivity index (χ3v) is 3.09. The maximum atomic E-state index is 11.3. The van der Waals surface area contributed by atoms with E-state index in [1.54, 1.807) is 6.92 Å². The molecule has 1 aliphatic carbocycles. The summed E-state index contributed by atoms with van der Waals surface area (Å²) in [7, 11) is 0. The van der Waals surface area contributed by atoms with Crippen molar-refractivity contribution in [3.8, 4) is 6.07 Å². The normalized spacial score (nSPS) is 21.2. The third kappa shape index (κ3) is 2.73. The first-order valence-corrected chi connectivity index (χ1v) is 5.25. The lowest BCUT2D eigenvalue weighted by Gasteiger charge is -2.23. The number of hydrogen-bond donors (Lipinski definition) is 1. The molecule has 1 saturated carbocycles. The zero-order valence-electron chi connectivity index (χ0n) is 8.97. The van der Waals surface area contributed by atoms with Gasteiger partial charge in [0.25, 0.3) is 0 Å². The summed E-state index contributed by atoms with van der Waals surface area (Å²) < 4.78 is 0. The first-order valence-electron chi connectivity index (χ1n) is 5.25. The average molecular weight is 194 g/mol. The molecule has 1 amide bonds. The Kier molecular flexibility index (Phi) is 3.51. The summed E-state index contributed by atoms with van der Waals surface area (Å²) in [5, 5.41) is 11.4. The van der Waals surface area contributed by atoms with Gasteiger partial charge >= 0.3 is 0 Å². The Hall–Kier alpha value is -1.04. The van der Waals surface area contributed by atoms with Gasteiger partial charge in [0.2, 0.25) is 5.91 Å². The summed E-state index contributed by atoms with van der Waals surface area (Å²) >= 11 is 0. The van der Waals surface area contributed by atoms with Gasteiger partial charge < -0.3 is 5.32 Å². The van der Waals surface area contributed by atoms with E-state index in [2.05, 4.69) is 12.2 Å². The molecular formula is C11H18N2O. The zero-order chi connectivity index (χ0) is 10.6. The Balaban J connectivity index is 2.33. The zero-order valence-corrected chi connectivity index (χ0v) is 8.97. The highest BCUT2D eigenvalue weighted by molar-refractivity contribution is 5.80. The Labute approximate surface area is 85.5 Å². The van der Waals surface area contributed by atoms with E-state index in [0.717, 1.165) is 6.54 Å². The van der Waals surface area contributed by atoms with Gasteiger partial charge in [-0.2, -0.15) is 5.26 Å². The number of nitrogens with zero attached hydrogens (tertiary/aromatic N) is 1. The highest BCUT2D eigenvalue weighted by atomic mass is 16.1. The third-order valence-electron chi connectivity index (χ3n) is 3.09. The Bertz CT molecular complexity index is 249. The number of carbonyl (C=O) groups is 1. The lowest BCUT2D eigenvalue weighted by molar-refractivity contribution is -0.123. The standard InChI is InChI=1S/C11H18N2O/c1-9(7-12)10(14)13-8-11(2)5-3-4-6-11/h9H,3-6,8H2,1-2H3,(H,13,14). The van der Waals surface area contributed by atoms with E-state index in [0.29, 0.717) is 0 Å². The molecule has 3 nitrogen and oxygen atoms in total. The van der Waals surface area contributed by atoms with Gasteiger partial charge in [-0.15, -0.1) is 0 Å². The van der Waals surface area contributed by atoms with E-state index in [-0.39, 0.29) is 11.3 Å². The molecule has 1 rings (SSSR count). The van der Waals surface area contributed by atoms with Crippen LogP contribution in [0.5, 0.6) is 0 Å². The summed E-state index contributed by atoms with van der Waals surface area (Å²) in [6.07, 6.45) is 4.91. The fourth-order valence-electron chi connectivity index (χ4n) is 1.92. The first kappa shape index (κ1) is 11.0. The van der Waals surface area contributed by atoms with E-state index < -0.39 is 5.92 Å². The van der Waals surface area contributed by atoms with Crippen molar-refractivity contribution in [2.24, 2.45) is 11.3 Å². The quantitative estimate of drug-likeness (QED) is 0.745. The topological polar surface area (TPSA) is 52.9 Å². The molecule has 0 bridgehead atoms. The second-order valence-corrected chi connectivity index (χ2v) is 4.59. The van der Waals surface area contributed by atoms with Gasteiger partial charge in [0.05, 0.1) is 6.07 Å². The molecule has 0 saturated heterocycles. The van der Waals surface area contributed by atoms with Crippen molar-refractivity contribution in [1.29, 1.82) is 5.26 Å². The van der Waals surface area contributed by atoms with Crippen LogP contribution in [0.15, 0.2) is 0 Å². The molecule has 1 atom stereocenters. The highest BCUT2D eigenvalue weighted by Gasteiger charge is 2.29. The molecule has 1 aliphatic rings. The second-order valence-electron chi connectivity index (χ2n) is 4.59. The molecule has 0 radical (unpaired) electrons. The van der Waals surface area contributed by atoms with Crippen molar-refractivity contribution in [1.82, 2.24) is 5.32 Å². The van der Waals surface area contributed by atoms with Crippen molar-refractivity contribution in [2.45, 2.75) is 39.5 Å². The predicted octanol–water partition coefficient (Wildman–Crippen LogP) is 1.84. The van der Waals surface area contributed by atoms with Crippen molar-refractivity contribution < 1.29 is 4.79 Å². The van der Waals surface area contributed by atoms with E-state index in [1.165, 1.54) is 25.7 Å². The van der Waals surface area contributed by atoms with Gasteiger partial charge in [0, 0.05) is 6.54 Å². The molecule has 78 valence electrons. The molecule has 0 aliphatic heterocycles. The van der Waals surface area contributed by atoms with Gasteiger partial charge in [0.15, 0.2) is 0 Å². The van der Waals surface area contributed by atoms with Crippen molar-refractivity contribution in [3.05, 3.63) is 0 Å². The van der Waals surface area contributed by atoms with Crippen LogP contribution in [-0.2, 0) is 4.79 Å². The van der Waals surface area contributed by atoms with E-state index in [9.17, 15) is 4.79 Å². The van der Waals surface area contributed by atoms with E-state index in [1.807, 2.05) is 6.07 Å². The van der Waals surface area contributed by atoms with Crippen LogP contribution in [0.3, 0.4) is 0 Å². The van der Waals surface area contributed by atoms with Gasteiger partial charge in [-0.25, -0.2) is 0 Å². The monoisotopic (exact) mass is 194 g/mol. The molecule has 0 aromatic heterocycles. The molecule has 3 heteroatoms.